The largest absolute Gasteiger partial charge is 0.458 e. The van der Waals surface area contributed by atoms with Crippen LogP contribution in [0.3, 0.4) is 0 Å². The van der Waals surface area contributed by atoms with Crippen molar-refractivity contribution in [2.45, 2.75) is 44.7 Å². The summed E-state index contributed by atoms with van der Waals surface area (Å²) >= 11 is 1.29. The van der Waals surface area contributed by atoms with Crippen LogP contribution in [0.25, 0.3) is 0 Å². The van der Waals surface area contributed by atoms with Gasteiger partial charge in [-0.3, -0.25) is 9.59 Å². The van der Waals surface area contributed by atoms with E-state index in [9.17, 15) is 18.0 Å². The summed E-state index contributed by atoms with van der Waals surface area (Å²) in [6.07, 6.45) is 0.0965. The highest BCUT2D eigenvalue weighted by Gasteiger charge is 2.23. The van der Waals surface area contributed by atoms with Gasteiger partial charge in [-0.15, -0.1) is 11.3 Å². The van der Waals surface area contributed by atoms with Gasteiger partial charge in [-0.2, -0.15) is 4.72 Å². The molecule has 0 spiro atoms. The summed E-state index contributed by atoms with van der Waals surface area (Å²) < 4.78 is 32.2. The Morgan fingerprint density at radius 2 is 1.85 bits per heavy atom. The Bertz CT molecular complexity index is 1240. The van der Waals surface area contributed by atoms with Gasteiger partial charge >= 0.3 is 5.97 Å². The number of carbonyl (C=O) groups is 2. The van der Waals surface area contributed by atoms with Gasteiger partial charge < -0.3 is 10.1 Å². The minimum atomic E-state index is -3.84. The lowest BCUT2D eigenvalue weighted by Gasteiger charge is -2.13. The van der Waals surface area contributed by atoms with Crippen LogP contribution in [-0.2, 0) is 37.4 Å². The molecule has 3 rings (SSSR count). The second-order valence-corrected chi connectivity index (χ2v) is 10.2. The number of nitrogens with one attached hydrogen (secondary N) is 2. The fraction of sp³-hybridized carbons (Fsp3) is 0.261. The topological polar surface area (TPSA) is 114 Å². The lowest BCUT2D eigenvalue weighted by atomic mass is 10.1. The summed E-state index contributed by atoms with van der Waals surface area (Å²) in [6, 6.07) is 12.5. The summed E-state index contributed by atoms with van der Waals surface area (Å²) in [5, 5.41) is 5.17. The van der Waals surface area contributed by atoms with E-state index < -0.39 is 22.0 Å². The van der Waals surface area contributed by atoms with E-state index in [4.69, 9.17) is 4.74 Å². The number of ether oxygens (including phenoxy) is 1. The van der Waals surface area contributed by atoms with Gasteiger partial charge in [0.1, 0.15) is 17.7 Å². The molecular formula is C23H25N3O5S2. The Morgan fingerprint density at radius 3 is 2.58 bits per heavy atom. The molecule has 2 N–H and O–H groups in total. The van der Waals surface area contributed by atoms with Crippen molar-refractivity contribution in [1.29, 1.82) is 0 Å². The summed E-state index contributed by atoms with van der Waals surface area (Å²) in [5.74, 6) is -0.915. The first-order chi connectivity index (χ1) is 15.6. The van der Waals surface area contributed by atoms with E-state index in [0.29, 0.717) is 10.7 Å². The molecule has 0 aliphatic rings. The molecule has 0 unspecified atom stereocenters. The van der Waals surface area contributed by atoms with E-state index in [0.717, 1.165) is 16.8 Å². The highest BCUT2D eigenvalue weighted by molar-refractivity contribution is 7.89. The van der Waals surface area contributed by atoms with Crippen molar-refractivity contribution < 1.29 is 22.7 Å². The number of hydrogen-bond acceptors (Lipinski definition) is 7. The second-order valence-electron chi connectivity index (χ2n) is 7.54. The Morgan fingerprint density at radius 1 is 1.12 bits per heavy atom. The fourth-order valence-electron chi connectivity index (χ4n) is 2.92. The van der Waals surface area contributed by atoms with Crippen LogP contribution in [0, 0.1) is 13.8 Å². The quantitative estimate of drug-likeness (QED) is 0.448. The van der Waals surface area contributed by atoms with Crippen molar-refractivity contribution in [3.63, 3.8) is 0 Å². The van der Waals surface area contributed by atoms with Gasteiger partial charge in [0.05, 0.1) is 17.0 Å². The number of thiazole rings is 1. The standard InChI is InChI=1S/C23H25N3O5S2/c1-15-9-10-16(2)20(11-15)25-21(27)12-22-24-18(14-32-22)13-31-23(28)17(3)26-33(29,30)19-7-5-4-6-8-19/h4-11,14,17,26H,12-13H2,1-3H3,(H,25,27)/t17-/m0/s1. The van der Waals surface area contributed by atoms with E-state index in [1.807, 2.05) is 32.0 Å². The monoisotopic (exact) mass is 487 g/mol. The number of sulfonamides is 1. The molecule has 33 heavy (non-hydrogen) atoms. The van der Waals surface area contributed by atoms with Crippen LogP contribution in [0.2, 0.25) is 0 Å². The molecule has 0 saturated heterocycles. The first kappa shape index (κ1) is 24.6. The van der Waals surface area contributed by atoms with E-state index >= 15 is 0 Å². The normalized spacial score (nSPS) is 12.2. The molecule has 0 saturated carbocycles. The molecule has 174 valence electrons. The summed E-state index contributed by atoms with van der Waals surface area (Å²) in [7, 11) is -3.84. The number of benzene rings is 2. The number of aromatic nitrogens is 1. The highest BCUT2D eigenvalue weighted by atomic mass is 32.2. The lowest BCUT2D eigenvalue weighted by molar-refractivity contribution is -0.146. The van der Waals surface area contributed by atoms with Gasteiger partial charge in [0.25, 0.3) is 0 Å². The van der Waals surface area contributed by atoms with Crippen molar-refractivity contribution in [3.8, 4) is 0 Å². The van der Waals surface area contributed by atoms with Crippen LogP contribution >= 0.6 is 11.3 Å². The molecule has 0 radical (unpaired) electrons. The number of carbonyl (C=O) groups excluding carboxylic acids is 2. The molecule has 1 atom stereocenters. The second kappa shape index (κ2) is 10.7. The molecule has 0 bridgehead atoms. The molecule has 3 aromatic rings. The number of rotatable bonds is 9. The van der Waals surface area contributed by atoms with Crippen molar-refractivity contribution in [1.82, 2.24) is 9.71 Å². The molecule has 2 aromatic carbocycles. The Labute approximate surface area is 197 Å². The van der Waals surface area contributed by atoms with Gasteiger partial charge in [-0.25, -0.2) is 13.4 Å². The minimum absolute atomic E-state index is 0.0629. The number of amides is 1. The number of aryl methyl sites for hydroxylation is 2. The van der Waals surface area contributed by atoms with Crippen LogP contribution in [0.1, 0.15) is 28.8 Å². The first-order valence-corrected chi connectivity index (χ1v) is 12.5. The SMILES string of the molecule is Cc1ccc(C)c(NC(=O)Cc2nc(COC(=O)[C@H](C)NS(=O)(=O)c3ccccc3)cs2)c1. The molecule has 10 heteroatoms. The van der Waals surface area contributed by atoms with Gasteiger partial charge in [0.2, 0.25) is 15.9 Å². The zero-order chi connectivity index (χ0) is 24.0. The molecule has 8 nitrogen and oxygen atoms in total. The van der Waals surface area contributed by atoms with Gasteiger partial charge in [0, 0.05) is 11.1 Å². The predicted octanol–water partition coefficient (Wildman–Crippen LogP) is 3.35. The van der Waals surface area contributed by atoms with Crippen LogP contribution in [0.15, 0.2) is 58.8 Å². The lowest BCUT2D eigenvalue weighted by Crippen LogP contribution is -2.39. The van der Waals surface area contributed by atoms with Crippen LogP contribution in [0.4, 0.5) is 5.69 Å². The maximum absolute atomic E-state index is 12.4. The van der Waals surface area contributed by atoms with Gasteiger partial charge in [-0.05, 0) is 50.1 Å². The molecule has 0 fully saturated rings. The van der Waals surface area contributed by atoms with E-state index in [1.54, 1.807) is 23.6 Å². The van der Waals surface area contributed by atoms with Gasteiger partial charge in [0.15, 0.2) is 0 Å². The van der Waals surface area contributed by atoms with E-state index in [-0.39, 0.29) is 23.8 Å². The Hall–Kier alpha value is -3.08. The predicted molar refractivity (Wildman–Crippen MR) is 126 cm³/mol. The summed E-state index contributed by atoms with van der Waals surface area (Å²) in [6.45, 7) is 5.17. The number of nitrogens with zero attached hydrogens (tertiary/aromatic N) is 1. The molecule has 1 aromatic heterocycles. The molecule has 0 aliphatic heterocycles. The molecule has 1 heterocycles. The summed E-state index contributed by atoms with van der Waals surface area (Å²) in [5.41, 5.74) is 3.27. The van der Waals surface area contributed by atoms with E-state index in [2.05, 4.69) is 15.0 Å². The van der Waals surface area contributed by atoms with Gasteiger partial charge in [-0.1, -0.05) is 30.3 Å². The van der Waals surface area contributed by atoms with Crippen LogP contribution in [-0.4, -0.2) is 31.3 Å². The number of hydrogen-bond donors (Lipinski definition) is 2. The maximum atomic E-state index is 12.4. The highest BCUT2D eigenvalue weighted by Crippen LogP contribution is 2.18. The third-order valence-electron chi connectivity index (χ3n) is 4.68. The van der Waals surface area contributed by atoms with Crippen molar-refractivity contribution in [3.05, 3.63) is 75.7 Å². The van der Waals surface area contributed by atoms with Crippen LogP contribution in [0.5, 0.6) is 0 Å². The summed E-state index contributed by atoms with van der Waals surface area (Å²) in [4.78, 5) is 29.0. The number of esters is 1. The maximum Gasteiger partial charge on any atom is 0.324 e. The molecule has 0 aliphatic carbocycles. The van der Waals surface area contributed by atoms with Crippen molar-refractivity contribution in [2.24, 2.45) is 0 Å². The molecular weight excluding hydrogens is 462 g/mol. The zero-order valence-electron chi connectivity index (χ0n) is 18.5. The smallest absolute Gasteiger partial charge is 0.324 e. The Balaban J connectivity index is 1.50. The third-order valence-corrected chi connectivity index (χ3v) is 7.13. The van der Waals surface area contributed by atoms with Crippen LogP contribution < -0.4 is 10.0 Å². The zero-order valence-corrected chi connectivity index (χ0v) is 20.1. The average molecular weight is 488 g/mol. The third kappa shape index (κ3) is 6.95. The average Bonchev–Trinajstić information content (AvgIpc) is 3.22. The van der Waals surface area contributed by atoms with Crippen molar-refractivity contribution in [2.75, 3.05) is 5.32 Å². The minimum Gasteiger partial charge on any atom is -0.458 e. The first-order valence-electron chi connectivity index (χ1n) is 10.2. The number of anilines is 1. The Kier molecular flexibility index (Phi) is 7.96. The fourth-order valence-corrected chi connectivity index (χ4v) is 4.91. The van der Waals surface area contributed by atoms with E-state index in [1.165, 1.54) is 30.4 Å². The molecule has 1 amide bonds. The van der Waals surface area contributed by atoms with Crippen molar-refractivity contribution >= 4 is 38.9 Å².